The van der Waals surface area contributed by atoms with E-state index in [1.165, 1.54) is 31.2 Å². The zero-order chi connectivity index (χ0) is 30.2. The molecule has 2 bridgehead atoms. The minimum Gasteiger partial charge on any atom is -0.493 e. The number of benzene rings is 3. The quantitative estimate of drug-likeness (QED) is 0.315. The third-order valence-electron chi connectivity index (χ3n) is 8.78. The Hall–Kier alpha value is -3.41. The number of rotatable bonds is 9. The molecular formula is C32H34F3N3O4S. The van der Waals surface area contributed by atoms with Gasteiger partial charge in [0.05, 0.1) is 29.1 Å². The molecule has 1 amide bonds. The first kappa shape index (κ1) is 29.7. The van der Waals surface area contributed by atoms with Gasteiger partial charge < -0.3 is 10.1 Å². The molecule has 0 spiro atoms. The largest absolute Gasteiger partial charge is 0.493 e. The summed E-state index contributed by atoms with van der Waals surface area (Å²) in [5.74, 6) is 0.349. The SMILES string of the molecule is O=C(C[C@@H](NS(=O)(=O)c1cccc(C(F)(F)F)c1)c1ccccc1)N[C@@H]1CCOc2cc(CN3C4CCC3CC4)ccc21. The number of alkyl halides is 3. The van der Waals surface area contributed by atoms with E-state index in [-0.39, 0.29) is 12.5 Å². The lowest BCUT2D eigenvalue weighted by atomic mass is 9.97. The lowest BCUT2D eigenvalue weighted by Crippen LogP contribution is -2.36. The number of nitrogens with zero attached hydrogens (tertiary/aromatic N) is 1. The van der Waals surface area contributed by atoms with E-state index in [1.54, 1.807) is 30.3 Å². The summed E-state index contributed by atoms with van der Waals surface area (Å²) in [6.07, 6.45) is 0.672. The molecule has 3 aliphatic heterocycles. The third kappa shape index (κ3) is 6.58. The van der Waals surface area contributed by atoms with Crippen molar-refractivity contribution in [3.63, 3.8) is 0 Å². The number of fused-ring (bicyclic) bond motifs is 3. The summed E-state index contributed by atoms with van der Waals surface area (Å²) in [5, 5.41) is 3.03. The predicted octanol–water partition coefficient (Wildman–Crippen LogP) is 5.88. The molecule has 3 aromatic carbocycles. The van der Waals surface area contributed by atoms with Gasteiger partial charge in [-0.2, -0.15) is 13.2 Å². The average molecular weight is 614 g/mol. The van der Waals surface area contributed by atoms with E-state index < -0.39 is 38.6 Å². The van der Waals surface area contributed by atoms with E-state index in [4.69, 9.17) is 4.74 Å². The molecule has 6 rings (SSSR count). The molecular weight excluding hydrogens is 579 g/mol. The summed E-state index contributed by atoms with van der Waals surface area (Å²) in [6.45, 7) is 1.31. The summed E-state index contributed by atoms with van der Waals surface area (Å²) in [4.78, 5) is 15.4. The Kier molecular flexibility index (Phi) is 8.23. The molecule has 11 heteroatoms. The van der Waals surface area contributed by atoms with Crippen LogP contribution in [0.5, 0.6) is 5.75 Å². The van der Waals surface area contributed by atoms with Crippen LogP contribution in [0.1, 0.15) is 72.9 Å². The second-order valence-electron chi connectivity index (χ2n) is 11.6. The number of sulfonamides is 1. The number of nitrogens with one attached hydrogen (secondary N) is 2. The summed E-state index contributed by atoms with van der Waals surface area (Å²) < 4.78 is 74.6. The second-order valence-corrected chi connectivity index (χ2v) is 13.3. The van der Waals surface area contributed by atoms with Gasteiger partial charge in [-0.25, -0.2) is 13.1 Å². The van der Waals surface area contributed by atoms with E-state index >= 15 is 0 Å². The Balaban J connectivity index is 1.16. The number of halogens is 3. The Morgan fingerprint density at radius 3 is 2.35 bits per heavy atom. The lowest BCUT2D eigenvalue weighted by Gasteiger charge is -2.29. The first-order valence-corrected chi connectivity index (χ1v) is 16.1. The average Bonchev–Trinajstić information content (AvgIpc) is 3.55. The molecule has 0 aromatic heterocycles. The zero-order valence-corrected chi connectivity index (χ0v) is 24.3. The van der Waals surface area contributed by atoms with Crippen molar-refractivity contribution in [1.29, 1.82) is 0 Å². The summed E-state index contributed by atoms with van der Waals surface area (Å²) in [7, 11) is -4.39. The Labute approximate surface area is 249 Å². The van der Waals surface area contributed by atoms with Crippen LogP contribution >= 0.6 is 0 Å². The summed E-state index contributed by atoms with van der Waals surface area (Å²) >= 11 is 0. The number of carbonyl (C=O) groups excluding carboxylic acids is 1. The summed E-state index contributed by atoms with van der Waals surface area (Å²) in [5.41, 5.74) is 1.49. The van der Waals surface area contributed by atoms with Crippen LogP contribution in [0.2, 0.25) is 0 Å². The van der Waals surface area contributed by atoms with Crippen LogP contribution in [0.15, 0.2) is 77.7 Å². The molecule has 0 aliphatic carbocycles. The van der Waals surface area contributed by atoms with Crippen LogP contribution in [0.4, 0.5) is 13.2 Å². The zero-order valence-electron chi connectivity index (χ0n) is 23.5. The fourth-order valence-electron chi connectivity index (χ4n) is 6.62. The van der Waals surface area contributed by atoms with Crippen molar-refractivity contribution in [2.45, 2.75) is 80.3 Å². The van der Waals surface area contributed by atoms with Crippen molar-refractivity contribution in [1.82, 2.24) is 14.9 Å². The maximum absolute atomic E-state index is 13.3. The predicted molar refractivity (Wildman–Crippen MR) is 155 cm³/mol. The van der Waals surface area contributed by atoms with Gasteiger partial charge in [0.15, 0.2) is 0 Å². The van der Waals surface area contributed by atoms with Crippen molar-refractivity contribution in [2.75, 3.05) is 6.61 Å². The molecule has 3 heterocycles. The highest BCUT2D eigenvalue weighted by Gasteiger charge is 2.39. The molecule has 0 radical (unpaired) electrons. The highest BCUT2D eigenvalue weighted by molar-refractivity contribution is 7.89. The van der Waals surface area contributed by atoms with Crippen molar-refractivity contribution >= 4 is 15.9 Å². The monoisotopic (exact) mass is 613 g/mol. The Morgan fingerprint density at radius 2 is 1.65 bits per heavy atom. The fraction of sp³-hybridized carbons (Fsp3) is 0.406. The first-order valence-electron chi connectivity index (χ1n) is 14.6. The smallest absolute Gasteiger partial charge is 0.416 e. The van der Waals surface area contributed by atoms with Gasteiger partial charge in [0.25, 0.3) is 0 Å². The minimum absolute atomic E-state index is 0.245. The molecule has 228 valence electrons. The fourth-order valence-corrected chi connectivity index (χ4v) is 7.89. The van der Waals surface area contributed by atoms with E-state index in [9.17, 15) is 26.4 Å². The molecule has 3 aliphatic rings. The maximum atomic E-state index is 13.3. The lowest BCUT2D eigenvalue weighted by molar-refractivity contribution is -0.137. The molecule has 43 heavy (non-hydrogen) atoms. The number of hydrogen-bond acceptors (Lipinski definition) is 5. The van der Waals surface area contributed by atoms with E-state index in [2.05, 4.69) is 27.1 Å². The highest BCUT2D eigenvalue weighted by atomic mass is 32.2. The third-order valence-corrected chi connectivity index (χ3v) is 10.3. The summed E-state index contributed by atoms with van der Waals surface area (Å²) in [6, 6.07) is 18.2. The standard InChI is InChI=1S/C32H34F3N3O4S/c33-32(34,35)23-7-4-8-26(18-23)43(40,41)37-29(22-5-2-1-3-6-22)19-31(39)36-28-15-16-42-30-17-21(9-14-27(28)30)20-38-24-10-11-25(38)13-12-24/h1-9,14,17-18,24-25,28-29,37H,10-13,15-16,19-20H2,(H,36,39)/t24?,25?,28-,29-/m1/s1. The normalized spacial score (nSPS) is 22.5. The van der Waals surface area contributed by atoms with Gasteiger partial charge in [0.2, 0.25) is 15.9 Å². The van der Waals surface area contributed by atoms with Crippen molar-refractivity contribution in [3.8, 4) is 5.75 Å². The van der Waals surface area contributed by atoms with E-state index in [0.717, 1.165) is 36.1 Å². The van der Waals surface area contributed by atoms with Crippen molar-refractivity contribution < 1.29 is 31.1 Å². The highest BCUT2D eigenvalue weighted by Crippen LogP contribution is 2.40. The molecule has 7 nitrogen and oxygen atoms in total. The molecule has 2 N–H and O–H groups in total. The maximum Gasteiger partial charge on any atom is 0.416 e. The van der Waals surface area contributed by atoms with Gasteiger partial charge in [-0.1, -0.05) is 48.5 Å². The van der Waals surface area contributed by atoms with E-state index in [0.29, 0.717) is 36.7 Å². The van der Waals surface area contributed by atoms with Gasteiger partial charge in [-0.05, 0) is 61.1 Å². The molecule has 0 unspecified atom stereocenters. The Morgan fingerprint density at radius 1 is 0.930 bits per heavy atom. The van der Waals surface area contributed by atoms with Crippen molar-refractivity contribution in [2.24, 2.45) is 0 Å². The van der Waals surface area contributed by atoms with Gasteiger partial charge >= 0.3 is 6.18 Å². The van der Waals surface area contributed by atoms with Crippen LogP contribution in [-0.2, 0) is 27.5 Å². The number of amides is 1. The van der Waals surface area contributed by atoms with Crippen LogP contribution in [-0.4, -0.2) is 37.9 Å². The van der Waals surface area contributed by atoms with Crippen molar-refractivity contribution in [3.05, 3.63) is 95.1 Å². The van der Waals surface area contributed by atoms with Crippen LogP contribution in [0, 0.1) is 0 Å². The van der Waals surface area contributed by atoms with Crippen LogP contribution in [0.3, 0.4) is 0 Å². The second kappa shape index (κ2) is 11.9. The first-order chi connectivity index (χ1) is 20.6. The van der Waals surface area contributed by atoms with Gasteiger partial charge in [-0.15, -0.1) is 0 Å². The Bertz CT molecular complexity index is 1560. The topological polar surface area (TPSA) is 87.7 Å². The van der Waals surface area contributed by atoms with Gasteiger partial charge in [0, 0.05) is 37.0 Å². The molecule has 0 saturated carbocycles. The molecule has 2 atom stereocenters. The number of hydrogen-bond donors (Lipinski definition) is 2. The minimum atomic E-state index is -4.70. The number of carbonyl (C=O) groups is 1. The number of ether oxygens (including phenoxy) is 1. The molecule has 3 aromatic rings. The van der Waals surface area contributed by atoms with Gasteiger partial charge in [-0.3, -0.25) is 9.69 Å². The molecule has 2 fully saturated rings. The van der Waals surface area contributed by atoms with Gasteiger partial charge in [0.1, 0.15) is 5.75 Å². The van der Waals surface area contributed by atoms with Crippen LogP contribution < -0.4 is 14.8 Å². The van der Waals surface area contributed by atoms with E-state index in [1.807, 2.05) is 6.07 Å². The molecule has 2 saturated heterocycles. The van der Waals surface area contributed by atoms with Crippen LogP contribution in [0.25, 0.3) is 0 Å².